The van der Waals surface area contributed by atoms with Crippen molar-refractivity contribution < 1.29 is 9.53 Å². The van der Waals surface area contributed by atoms with Crippen molar-refractivity contribution in [3.63, 3.8) is 0 Å². The van der Waals surface area contributed by atoms with E-state index < -0.39 is 0 Å². The second-order valence-corrected chi connectivity index (χ2v) is 9.60. The van der Waals surface area contributed by atoms with Gasteiger partial charge in [-0.25, -0.2) is 9.78 Å². The Balaban J connectivity index is 1.47. The Labute approximate surface area is 205 Å². The number of aromatic nitrogens is 4. The molecule has 0 radical (unpaired) electrons. The minimum atomic E-state index is -0.322. The van der Waals surface area contributed by atoms with Crippen LogP contribution in [0, 0.1) is 17.2 Å². The van der Waals surface area contributed by atoms with Gasteiger partial charge in [0.25, 0.3) is 0 Å². The predicted octanol–water partition coefficient (Wildman–Crippen LogP) is 3.62. The Morgan fingerprint density at radius 1 is 1.20 bits per heavy atom. The van der Waals surface area contributed by atoms with Crippen LogP contribution in [0.15, 0.2) is 30.6 Å². The van der Waals surface area contributed by atoms with Crippen LogP contribution < -0.4 is 4.90 Å². The summed E-state index contributed by atoms with van der Waals surface area (Å²) in [5.74, 6) is 1.23. The molecule has 2 aliphatic heterocycles. The molecular formula is C26H33N7O2. The maximum atomic E-state index is 12.5. The Morgan fingerprint density at radius 2 is 2.03 bits per heavy atom. The number of aryl methyl sites for hydroxylation is 3. The van der Waals surface area contributed by atoms with Crippen molar-refractivity contribution >= 4 is 22.8 Å². The van der Waals surface area contributed by atoms with Gasteiger partial charge in [0.15, 0.2) is 0 Å². The molecule has 0 N–H and O–H groups in total. The van der Waals surface area contributed by atoms with Crippen LogP contribution in [0.5, 0.6) is 0 Å². The van der Waals surface area contributed by atoms with Crippen LogP contribution in [0.4, 0.5) is 10.5 Å². The zero-order valence-corrected chi connectivity index (χ0v) is 20.6. The number of nitriles is 1. The first-order valence-corrected chi connectivity index (χ1v) is 12.6. The van der Waals surface area contributed by atoms with E-state index in [0.29, 0.717) is 0 Å². The molecule has 1 amide bonds. The van der Waals surface area contributed by atoms with E-state index in [9.17, 15) is 10.1 Å². The molecule has 0 unspecified atom stereocenters. The van der Waals surface area contributed by atoms with Crippen LogP contribution in [-0.2, 0) is 30.7 Å². The van der Waals surface area contributed by atoms with E-state index in [1.807, 2.05) is 16.9 Å². The lowest BCUT2D eigenvalue weighted by molar-refractivity contribution is 0.175. The first-order valence-electron chi connectivity index (χ1n) is 12.6. The maximum absolute atomic E-state index is 12.5. The van der Waals surface area contributed by atoms with E-state index in [2.05, 4.69) is 39.7 Å². The number of rotatable bonds is 6. The van der Waals surface area contributed by atoms with Crippen molar-refractivity contribution in [2.75, 3.05) is 31.6 Å². The highest BCUT2D eigenvalue weighted by molar-refractivity contribution is 5.95. The first-order chi connectivity index (χ1) is 17.1. The molecule has 35 heavy (non-hydrogen) atoms. The molecule has 5 rings (SSSR count). The summed E-state index contributed by atoms with van der Waals surface area (Å²) in [7, 11) is 1.43. The van der Waals surface area contributed by atoms with E-state index in [1.165, 1.54) is 7.11 Å². The molecule has 2 aromatic heterocycles. The normalized spacial score (nSPS) is 19.0. The molecule has 0 spiro atoms. The fraction of sp³-hybridized carbons (Fsp3) is 0.538. The van der Waals surface area contributed by atoms with Gasteiger partial charge in [-0.3, -0.25) is 9.58 Å². The summed E-state index contributed by atoms with van der Waals surface area (Å²) in [6, 6.07) is 8.60. The number of imidazole rings is 1. The van der Waals surface area contributed by atoms with Crippen molar-refractivity contribution in [3.05, 3.63) is 42.0 Å². The van der Waals surface area contributed by atoms with Crippen molar-refractivity contribution in [1.29, 1.82) is 5.26 Å². The number of amides is 1. The van der Waals surface area contributed by atoms with Gasteiger partial charge in [-0.05, 0) is 63.9 Å². The SMILES string of the molecule is COC(=O)N1c2ccc3c(nc(CCn4cccn4)n3CCN3CCC(C#N)CC3)c2CC[C@@H]1C. The van der Waals surface area contributed by atoms with Gasteiger partial charge in [0.1, 0.15) is 5.82 Å². The third-order valence-electron chi connectivity index (χ3n) is 7.50. The number of ether oxygens (including phenoxy) is 1. The van der Waals surface area contributed by atoms with E-state index in [4.69, 9.17) is 9.72 Å². The van der Waals surface area contributed by atoms with Gasteiger partial charge in [0, 0.05) is 56.0 Å². The summed E-state index contributed by atoms with van der Waals surface area (Å²) in [6.07, 6.45) is 7.89. The molecule has 9 nitrogen and oxygen atoms in total. The Bertz CT molecular complexity index is 1220. The van der Waals surface area contributed by atoms with E-state index in [0.717, 1.165) is 92.9 Å². The molecule has 184 valence electrons. The molecule has 3 aromatic rings. The van der Waals surface area contributed by atoms with Crippen LogP contribution in [0.1, 0.15) is 37.6 Å². The summed E-state index contributed by atoms with van der Waals surface area (Å²) in [5.41, 5.74) is 4.14. The third-order valence-corrected chi connectivity index (χ3v) is 7.50. The van der Waals surface area contributed by atoms with Gasteiger partial charge < -0.3 is 14.2 Å². The molecule has 0 bridgehead atoms. The number of likely N-dealkylation sites (tertiary alicyclic amines) is 1. The van der Waals surface area contributed by atoms with E-state index in [-0.39, 0.29) is 18.1 Å². The molecule has 1 fully saturated rings. The summed E-state index contributed by atoms with van der Waals surface area (Å²) in [6.45, 7) is 6.54. The lowest BCUT2D eigenvalue weighted by Crippen LogP contribution is -2.42. The number of benzene rings is 1. The number of piperidine rings is 1. The van der Waals surface area contributed by atoms with Crippen LogP contribution in [-0.4, -0.2) is 63.1 Å². The Kier molecular flexibility index (Phi) is 6.73. The van der Waals surface area contributed by atoms with Gasteiger partial charge in [-0.15, -0.1) is 0 Å². The van der Waals surface area contributed by atoms with E-state index in [1.54, 1.807) is 11.1 Å². The van der Waals surface area contributed by atoms with Crippen LogP contribution >= 0.6 is 0 Å². The van der Waals surface area contributed by atoms with Crippen LogP contribution in [0.2, 0.25) is 0 Å². The average molecular weight is 476 g/mol. The largest absolute Gasteiger partial charge is 0.452 e. The molecule has 0 saturated carbocycles. The van der Waals surface area contributed by atoms with Gasteiger partial charge in [-0.1, -0.05) is 0 Å². The number of hydrogen-bond acceptors (Lipinski definition) is 6. The number of anilines is 1. The smallest absolute Gasteiger partial charge is 0.414 e. The van der Waals surface area contributed by atoms with Gasteiger partial charge >= 0.3 is 6.09 Å². The molecule has 2 aliphatic rings. The number of nitrogens with zero attached hydrogens (tertiary/aromatic N) is 7. The van der Waals surface area contributed by atoms with Gasteiger partial charge in [-0.2, -0.15) is 10.4 Å². The molecule has 0 aliphatic carbocycles. The highest BCUT2D eigenvalue weighted by atomic mass is 16.5. The quantitative estimate of drug-likeness (QED) is 0.541. The average Bonchev–Trinajstić information content (AvgIpc) is 3.53. The Morgan fingerprint density at radius 3 is 2.74 bits per heavy atom. The lowest BCUT2D eigenvalue weighted by atomic mass is 9.96. The minimum Gasteiger partial charge on any atom is -0.452 e. The summed E-state index contributed by atoms with van der Waals surface area (Å²) in [4.78, 5) is 21.9. The number of hydrogen-bond donors (Lipinski definition) is 0. The number of fused-ring (bicyclic) bond motifs is 3. The van der Waals surface area contributed by atoms with Crippen LogP contribution in [0.3, 0.4) is 0 Å². The maximum Gasteiger partial charge on any atom is 0.414 e. The fourth-order valence-corrected chi connectivity index (χ4v) is 5.47. The highest BCUT2D eigenvalue weighted by Gasteiger charge is 2.31. The summed E-state index contributed by atoms with van der Waals surface area (Å²) < 4.78 is 9.37. The standard InChI is InChI=1S/C26H33N7O2/c1-19-4-5-21-22(33(19)26(34)35-2)6-7-23-25(21)29-24(10-15-31-12-3-11-28-31)32(23)17-16-30-13-8-20(18-27)9-14-30/h3,6-7,11-12,19-20H,4-5,8-10,13-17H2,1-2H3/t19-/m0/s1. The fourth-order valence-electron chi connectivity index (χ4n) is 5.47. The highest BCUT2D eigenvalue weighted by Crippen LogP contribution is 2.36. The topological polar surface area (TPSA) is 92.2 Å². The summed E-state index contributed by atoms with van der Waals surface area (Å²) >= 11 is 0. The number of carbonyl (C=O) groups is 1. The van der Waals surface area contributed by atoms with Gasteiger partial charge in [0.05, 0.1) is 29.9 Å². The Hall–Kier alpha value is -3.38. The molecule has 1 aromatic carbocycles. The van der Waals surface area contributed by atoms with Crippen molar-refractivity contribution in [3.8, 4) is 6.07 Å². The first kappa shape index (κ1) is 23.4. The van der Waals surface area contributed by atoms with E-state index >= 15 is 0 Å². The zero-order valence-electron chi connectivity index (χ0n) is 20.6. The van der Waals surface area contributed by atoms with Crippen molar-refractivity contribution in [2.24, 2.45) is 5.92 Å². The van der Waals surface area contributed by atoms with Crippen molar-refractivity contribution in [1.82, 2.24) is 24.2 Å². The third kappa shape index (κ3) is 4.63. The molecule has 9 heteroatoms. The number of methoxy groups -OCH3 is 1. The zero-order chi connectivity index (χ0) is 24.4. The lowest BCUT2D eigenvalue weighted by Gasteiger charge is -2.34. The predicted molar refractivity (Wildman–Crippen MR) is 133 cm³/mol. The second-order valence-electron chi connectivity index (χ2n) is 9.60. The van der Waals surface area contributed by atoms with Gasteiger partial charge in [0.2, 0.25) is 0 Å². The molecule has 1 saturated heterocycles. The molecule has 1 atom stereocenters. The second kappa shape index (κ2) is 10.1. The van der Waals surface area contributed by atoms with Crippen LogP contribution in [0.25, 0.3) is 11.0 Å². The molecule has 4 heterocycles. The summed E-state index contributed by atoms with van der Waals surface area (Å²) in [5, 5.41) is 13.6. The molecular weight excluding hydrogens is 442 g/mol. The number of carbonyl (C=O) groups excluding carboxylic acids is 1. The monoisotopic (exact) mass is 475 g/mol. The van der Waals surface area contributed by atoms with Crippen molar-refractivity contribution in [2.45, 2.75) is 58.2 Å². The minimum absolute atomic E-state index is 0.0881.